The van der Waals surface area contributed by atoms with Crippen LogP contribution in [0.4, 0.5) is 5.69 Å². The Kier molecular flexibility index (Phi) is 5.08. The number of aromatic amines is 1. The summed E-state index contributed by atoms with van der Waals surface area (Å²) >= 11 is 11.8. The summed E-state index contributed by atoms with van der Waals surface area (Å²) in [4.78, 5) is 29.3. The SMILES string of the molecule is NN=C(c1nc2ccc([N+](=O)[O-])cc2[nH]c1=O)[C@H](O)c1ccc(Cl)c(Cl)c1. The molecule has 27 heavy (non-hydrogen) atoms. The Morgan fingerprint density at radius 1 is 1.26 bits per heavy atom. The number of fused-ring (bicyclic) bond motifs is 1. The number of hydrogen-bond acceptors (Lipinski definition) is 7. The van der Waals surface area contributed by atoms with Crippen LogP contribution in [0.3, 0.4) is 0 Å². The minimum atomic E-state index is -1.39. The highest BCUT2D eigenvalue weighted by Crippen LogP contribution is 2.27. The van der Waals surface area contributed by atoms with Gasteiger partial charge in [0.05, 0.1) is 26.0 Å². The molecule has 0 spiro atoms. The molecule has 0 unspecified atom stereocenters. The number of nitro groups is 1. The maximum atomic E-state index is 12.4. The molecule has 0 fully saturated rings. The second-order valence-electron chi connectivity index (χ2n) is 5.46. The Morgan fingerprint density at radius 3 is 2.63 bits per heavy atom. The van der Waals surface area contributed by atoms with Crippen molar-refractivity contribution in [3.8, 4) is 0 Å². The van der Waals surface area contributed by atoms with Gasteiger partial charge in [0.25, 0.3) is 11.2 Å². The van der Waals surface area contributed by atoms with E-state index in [4.69, 9.17) is 29.0 Å². The first-order chi connectivity index (χ1) is 12.8. The predicted molar refractivity (Wildman–Crippen MR) is 101 cm³/mol. The van der Waals surface area contributed by atoms with Gasteiger partial charge in [0.2, 0.25) is 0 Å². The molecule has 0 aliphatic carbocycles. The van der Waals surface area contributed by atoms with Crippen molar-refractivity contribution < 1.29 is 10.0 Å². The normalized spacial score (nSPS) is 12.9. The van der Waals surface area contributed by atoms with Crippen LogP contribution in [0.1, 0.15) is 17.4 Å². The van der Waals surface area contributed by atoms with E-state index in [-0.39, 0.29) is 33.1 Å². The first kappa shape index (κ1) is 18.8. The number of benzene rings is 2. The molecule has 0 bridgehead atoms. The van der Waals surface area contributed by atoms with Crippen molar-refractivity contribution in [2.75, 3.05) is 0 Å². The molecule has 2 aromatic carbocycles. The van der Waals surface area contributed by atoms with Crippen molar-refractivity contribution >= 4 is 45.6 Å². The Morgan fingerprint density at radius 2 is 2.00 bits per heavy atom. The Bertz CT molecular complexity index is 1150. The smallest absolute Gasteiger partial charge is 0.276 e. The van der Waals surface area contributed by atoms with Crippen molar-refractivity contribution in [1.82, 2.24) is 9.97 Å². The zero-order valence-corrected chi connectivity index (χ0v) is 14.9. The topological polar surface area (TPSA) is 147 Å². The monoisotopic (exact) mass is 407 g/mol. The van der Waals surface area contributed by atoms with Gasteiger partial charge in [-0.05, 0) is 23.8 Å². The molecule has 0 saturated heterocycles. The van der Waals surface area contributed by atoms with E-state index in [1.165, 1.54) is 36.4 Å². The van der Waals surface area contributed by atoms with Gasteiger partial charge >= 0.3 is 0 Å². The predicted octanol–water partition coefficient (Wildman–Crippen LogP) is 2.53. The lowest BCUT2D eigenvalue weighted by Crippen LogP contribution is -2.26. The summed E-state index contributed by atoms with van der Waals surface area (Å²) in [6, 6.07) is 8.19. The fourth-order valence-corrected chi connectivity index (χ4v) is 2.77. The molecule has 0 aliphatic heterocycles. The van der Waals surface area contributed by atoms with Crippen LogP contribution in [0.25, 0.3) is 11.0 Å². The highest BCUT2D eigenvalue weighted by molar-refractivity contribution is 6.42. The van der Waals surface area contributed by atoms with E-state index in [2.05, 4.69) is 15.1 Å². The summed E-state index contributed by atoms with van der Waals surface area (Å²) in [6.07, 6.45) is -1.39. The maximum absolute atomic E-state index is 12.4. The van der Waals surface area contributed by atoms with Crippen LogP contribution in [0.2, 0.25) is 10.0 Å². The van der Waals surface area contributed by atoms with E-state index in [1.807, 2.05) is 0 Å². The van der Waals surface area contributed by atoms with Crippen molar-refractivity contribution in [1.29, 1.82) is 0 Å². The Balaban J connectivity index is 2.09. The lowest BCUT2D eigenvalue weighted by atomic mass is 10.0. The molecule has 0 saturated carbocycles. The lowest BCUT2D eigenvalue weighted by molar-refractivity contribution is -0.384. The third kappa shape index (κ3) is 3.61. The molecular formula is C16H11Cl2N5O4. The number of hydrogen-bond donors (Lipinski definition) is 3. The molecule has 138 valence electrons. The van der Waals surface area contributed by atoms with Crippen LogP contribution >= 0.6 is 23.2 Å². The standard InChI is InChI=1S/C16H11Cl2N5O4/c17-9-3-1-7(5-10(9)18)15(24)13(22-19)14-16(25)21-12-6-8(23(26)27)2-4-11(12)20-14/h1-6,15,24H,19H2,(H,21,25)/t15-/m1/s1. The second-order valence-corrected chi connectivity index (χ2v) is 6.28. The van der Waals surface area contributed by atoms with E-state index in [0.717, 1.165) is 0 Å². The third-order valence-electron chi connectivity index (χ3n) is 3.79. The molecule has 1 atom stereocenters. The van der Waals surface area contributed by atoms with Crippen molar-refractivity contribution in [2.24, 2.45) is 10.9 Å². The number of aromatic nitrogens is 2. The number of halogens is 2. The third-order valence-corrected chi connectivity index (χ3v) is 4.53. The van der Waals surface area contributed by atoms with Crippen LogP contribution in [-0.4, -0.2) is 25.7 Å². The number of nitrogens with zero attached hydrogens (tertiary/aromatic N) is 3. The van der Waals surface area contributed by atoms with Crippen LogP contribution in [0.5, 0.6) is 0 Å². The fourth-order valence-electron chi connectivity index (χ4n) is 2.46. The van der Waals surface area contributed by atoms with Crippen molar-refractivity contribution in [2.45, 2.75) is 6.10 Å². The average Bonchev–Trinajstić information content (AvgIpc) is 2.64. The van der Waals surface area contributed by atoms with Gasteiger partial charge in [-0.2, -0.15) is 5.10 Å². The van der Waals surface area contributed by atoms with Crippen LogP contribution in [-0.2, 0) is 0 Å². The molecule has 11 heteroatoms. The van der Waals surface area contributed by atoms with Gasteiger partial charge in [-0.3, -0.25) is 14.9 Å². The van der Waals surface area contributed by atoms with E-state index in [1.54, 1.807) is 0 Å². The van der Waals surface area contributed by atoms with Gasteiger partial charge in [-0.1, -0.05) is 29.3 Å². The number of non-ortho nitro benzene ring substituents is 1. The molecule has 0 amide bonds. The van der Waals surface area contributed by atoms with Gasteiger partial charge in [-0.15, -0.1) is 0 Å². The van der Waals surface area contributed by atoms with Crippen LogP contribution in [0.15, 0.2) is 46.3 Å². The van der Waals surface area contributed by atoms with Gasteiger partial charge in [0.15, 0.2) is 5.69 Å². The molecule has 4 N–H and O–H groups in total. The second kappa shape index (κ2) is 7.31. The summed E-state index contributed by atoms with van der Waals surface area (Å²) in [5, 5.41) is 25.4. The minimum Gasteiger partial charge on any atom is -0.382 e. The number of aliphatic hydroxyl groups is 1. The van der Waals surface area contributed by atoms with Gasteiger partial charge < -0.3 is 15.9 Å². The Labute approximate surface area is 161 Å². The van der Waals surface area contributed by atoms with Crippen LogP contribution in [0, 0.1) is 10.1 Å². The first-order valence-corrected chi connectivity index (χ1v) is 8.17. The van der Waals surface area contributed by atoms with Crippen molar-refractivity contribution in [3.63, 3.8) is 0 Å². The van der Waals surface area contributed by atoms with E-state index in [9.17, 15) is 20.0 Å². The van der Waals surface area contributed by atoms with E-state index < -0.39 is 16.6 Å². The summed E-state index contributed by atoms with van der Waals surface area (Å²) in [5.74, 6) is 5.37. The molecule has 3 aromatic rings. The number of nitrogens with one attached hydrogen (secondary N) is 1. The molecular weight excluding hydrogens is 397 g/mol. The maximum Gasteiger partial charge on any atom is 0.276 e. The number of nitro benzene ring substituents is 1. The summed E-state index contributed by atoms with van der Waals surface area (Å²) in [5.41, 5.74) is -0.607. The molecule has 9 nitrogen and oxygen atoms in total. The Hall–Kier alpha value is -3.01. The zero-order valence-electron chi connectivity index (χ0n) is 13.4. The fraction of sp³-hybridized carbons (Fsp3) is 0.0625. The van der Waals surface area contributed by atoms with E-state index in [0.29, 0.717) is 10.6 Å². The van der Waals surface area contributed by atoms with Gasteiger partial charge in [-0.25, -0.2) is 4.98 Å². The molecule has 0 radical (unpaired) electrons. The number of nitrogens with two attached hydrogens (primary N) is 1. The summed E-state index contributed by atoms with van der Waals surface area (Å²) in [6.45, 7) is 0. The molecule has 0 aliphatic rings. The van der Waals surface area contributed by atoms with Gasteiger partial charge in [0, 0.05) is 12.1 Å². The van der Waals surface area contributed by atoms with Crippen LogP contribution < -0.4 is 11.4 Å². The van der Waals surface area contributed by atoms with E-state index >= 15 is 0 Å². The highest BCUT2D eigenvalue weighted by Gasteiger charge is 2.23. The summed E-state index contributed by atoms with van der Waals surface area (Å²) in [7, 11) is 0. The first-order valence-electron chi connectivity index (χ1n) is 7.41. The zero-order chi connectivity index (χ0) is 19.7. The average molecular weight is 408 g/mol. The molecule has 3 rings (SSSR count). The van der Waals surface area contributed by atoms with Crippen molar-refractivity contribution in [3.05, 3.63) is 78.2 Å². The highest BCUT2D eigenvalue weighted by atomic mass is 35.5. The number of rotatable bonds is 4. The number of H-pyrrole nitrogens is 1. The largest absolute Gasteiger partial charge is 0.382 e. The lowest BCUT2D eigenvalue weighted by Gasteiger charge is -2.13. The number of aliphatic hydroxyl groups excluding tert-OH is 1. The molecule has 1 aromatic heterocycles. The number of hydrazone groups is 1. The minimum absolute atomic E-state index is 0.165. The quantitative estimate of drug-likeness (QED) is 0.262. The van der Waals surface area contributed by atoms with Gasteiger partial charge in [0.1, 0.15) is 11.8 Å². The molecule has 1 heterocycles. The summed E-state index contributed by atoms with van der Waals surface area (Å²) < 4.78 is 0.